The number of nitrogens with one attached hydrogen (secondary N) is 1. The maximum absolute atomic E-state index is 14.2. The van der Waals surface area contributed by atoms with Crippen LogP contribution in [0.3, 0.4) is 0 Å². The van der Waals surface area contributed by atoms with Gasteiger partial charge < -0.3 is 25.8 Å². The van der Waals surface area contributed by atoms with E-state index in [2.05, 4.69) is 5.32 Å². The summed E-state index contributed by atoms with van der Waals surface area (Å²) in [6.45, 7) is 9.24. The van der Waals surface area contributed by atoms with Gasteiger partial charge in [0.05, 0.1) is 0 Å². The number of aromatic hydroxyl groups is 1. The van der Waals surface area contributed by atoms with Crippen LogP contribution >= 0.6 is 11.8 Å². The molecular formula is C30H43N3O5S. The summed E-state index contributed by atoms with van der Waals surface area (Å²) >= 11 is 1.57. The summed E-state index contributed by atoms with van der Waals surface area (Å²) < 4.78 is 5.47. The Morgan fingerprint density at radius 1 is 1.10 bits per heavy atom. The van der Waals surface area contributed by atoms with E-state index in [-0.39, 0.29) is 12.2 Å². The molecule has 0 fully saturated rings. The number of benzene rings is 2. The van der Waals surface area contributed by atoms with E-state index in [0.717, 1.165) is 28.7 Å². The van der Waals surface area contributed by atoms with E-state index in [1.165, 1.54) is 4.90 Å². The third-order valence-corrected chi connectivity index (χ3v) is 7.01. The quantitative estimate of drug-likeness (QED) is 0.333. The van der Waals surface area contributed by atoms with Crippen LogP contribution in [0.4, 0.5) is 4.79 Å². The fourth-order valence-corrected chi connectivity index (χ4v) is 5.00. The molecule has 0 saturated carbocycles. The predicted octanol–water partition coefficient (Wildman–Crippen LogP) is 4.51. The molecule has 0 unspecified atom stereocenters. The Kier molecular flexibility index (Phi) is 12.2. The van der Waals surface area contributed by atoms with Crippen molar-refractivity contribution in [3.63, 3.8) is 0 Å². The number of primary amides is 1. The molecule has 0 radical (unpaired) electrons. The monoisotopic (exact) mass is 557 g/mol. The van der Waals surface area contributed by atoms with Crippen LogP contribution < -0.4 is 11.1 Å². The summed E-state index contributed by atoms with van der Waals surface area (Å²) in [5, 5.41) is 12.8. The van der Waals surface area contributed by atoms with Crippen molar-refractivity contribution < 1.29 is 24.2 Å². The van der Waals surface area contributed by atoms with Crippen molar-refractivity contribution in [3.05, 3.63) is 64.7 Å². The summed E-state index contributed by atoms with van der Waals surface area (Å²) in [7, 11) is 0. The number of aryl methyl sites for hydroxylation is 3. The number of rotatable bonds is 13. The fraction of sp³-hybridized carbons (Fsp3) is 0.500. The zero-order valence-electron chi connectivity index (χ0n) is 24.0. The molecule has 2 aromatic rings. The lowest BCUT2D eigenvalue weighted by Crippen LogP contribution is -2.56. The zero-order valence-corrected chi connectivity index (χ0v) is 24.8. The number of ether oxygens (including phenoxy) is 1. The minimum absolute atomic E-state index is 0.130. The van der Waals surface area contributed by atoms with Crippen molar-refractivity contribution >= 4 is 29.7 Å². The number of carbonyl (C=O) groups is 3. The third-order valence-electron chi connectivity index (χ3n) is 6.37. The number of thioether (sulfide) groups is 1. The van der Waals surface area contributed by atoms with Crippen molar-refractivity contribution in [2.24, 2.45) is 5.73 Å². The molecule has 9 heteroatoms. The molecule has 0 aliphatic rings. The Balaban J connectivity index is 2.43. The number of alkyl carbamates (subject to hydrolysis) is 1. The molecule has 2 rings (SSSR count). The summed E-state index contributed by atoms with van der Waals surface area (Å²) in [5.74, 6) is -0.197. The largest absolute Gasteiger partial charge is 0.508 e. The van der Waals surface area contributed by atoms with Crippen molar-refractivity contribution in [1.29, 1.82) is 0 Å². The highest BCUT2D eigenvalue weighted by molar-refractivity contribution is 7.98. The molecule has 3 amide bonds. The normalized spacial score (nSPS) is 12.9. The Hall–Kier alpha value is -3.20. The highest BCUT2D eigenvalue weighted by Crippen LogP contribution is 2.23. The van der Waals surface area contributed by atoms with Crippen LogP contribution in [0.2, 0.25) is 0 Å². The molecule has 0 spiro atoms. The third kappa shape index (κ3) is 10.5. The van der Waals surface area contributed by atoms with Crippen molar-refractivity contribution in [3.8, 4) is 5.75 Å². The van der Waals surface area contributed by atoms with E-state index in [9.17, 15) is 19.5 Å². The second-order valence-electron chi connectivity index (χ2n) is 10.8. The van der Waals surface area contributed by atoms with Gasteiger partial charge in [0, 0.05) is 13.0 Å². The van der Waals surface area contributed by atoms with E-state index in [1.807, 2.05) is 50.4 Å². The van der Waals surface area contributed by atoms with Gasteiger partial charge in [-0.15, -0.1) is 0 Å². The van der Waals surface area contributed by atoms with Gasteiger partial charge >= 0.3 is 6.09 Å². The predicted molar refractivity (Wildman–Crippen MR) is 157 cm³/mol. The van der Waals surface area contributed by atoms with Gasteiger partial charge in [0.25, 0.3) is 0 Å². The van der Waals surface area contributed by atoms with Gasteiger partial charge in [-0.2, -0.15) is 11.8 Å². The van der Waals surface area contributed by atoms with Crippen LogP contribution in [-0.4, -0.2) is 64.2 Å². The van der Waals surface area contributed by atoms with Gasteiger partial charge in [0.2, 0.25) is 11.8 Å². The van der Waals surface area contributed by atoms with Crippen molar-refractivity contribution in [2.75, 3.05) is 18.6 Å². The molecular weight excluding hydrogens is 514 g/mol. The molecule has 0 aliphatic heterocycles. The molecule has 0 bridgehead atoms. The molecule has 2 aromatic carbocycles. The fourth-order valence-electron chi connectivity index (χ4n) is 4.55. The molecule has 4 N–H and O–H groups in total. The molecule has 0 saturated heterocycles. The Morgan fingerprint density at radius 2 is 1.72 bits per heavy atom. The lowest BCUT2D eigenvalue weighted by atomic mass is 9.94. The van der Waals surface area contributed by atoms with Crippen LogP contribution in [0.25, 0.3) is 0 Å². The Morgan fingerprint density at radius 3 is 2.26 bits per heavy atom. The average Bonchev–Trinajstić information content (AvgIpc) is 2.83. The highest BCUT2D eigenvalue weighted by Gasteiger charge is 2.34. The second-order valence-corrected chi connectivity index (χ2v) is 11.8. The molecule has 0 aromatic heterocycles. The topological polar surface area (TPSA) is 122 Å². The highest BCUT2D eigenvalue weighted by atomic mass is 32.2. The summed E-state index contributed by atoms with van der Waals surface area (Å²) in [6.07, 6.45) is 3.12. The lowest BCUT2D eigenvalue weighted by Gasteiger charge is -2.34. The molecule has 0 aliphatic carbocycles. The van der Waals surface area contributed by atoms with Gasteiger partial charge in [-0.3, -0.25) is 9.59 Å². The van der Waals surface area contributed by atoms with E-state index in [1.54, 1.807) is 44.7 Å². The molecule has 0 heterocycles. The second kappa shape index (κ2) is 14.8. The smallest absolute Gasteiger partial charge is 0.408 e. The van der Waals surface area contributed by atoms with Crippen LogP contribution in [0.5, 0.6) is 5.75 Å². The maximum atomic E-state index is 14.2. The van der Waals surface area contributed by atoms with E-state index in [4.69, 9.17) is 10.5 Å². The number of amides is 3. The number of nitrogens with zero attached hydrogens (tertiary/aromatic N) is 1. The first-order chi connectivity index (χ1) is 18.3. The molecule has 8 nitrogen and oxygen atoms in total. The van der Waals surface area contributed by atoms with Crippen molar-refractivity contribution in [1.82, 2.24) is 10.2 Å². The number of hydrogen-bond donors (Lipinski definition) is 3. The van der Waals surface area contributed by atoms with Gasteiger partial charge in [-0.1, -0.05) is 30.3 Å². The standard InChI is InChI=1S/C30H43N3O5S/c1-20-17-23(34)18-21(2)24(20)19-25(32-29(37)38-30(3,4)5)28(36)33(26(27(31)35)14-16-39-6)15-10-13-22-11-8-7-9-12-22/h7-9,11-12,17-18,25-26,34H,10,13-16,19H2,1-6H3,(H2,31,35)(H,32,37)/t25-,26-/m1/s1. The summed E-state index contributed by atoms with van der Waals surface area (Å²) in [4.78, 5) is 41.2. The zero-order chi connectivity index (χ0) is 29.2. The average molecular weight is 558 g/mol. The minimum Gasteiger partial charge on any atom is -0.508 e. The first-order valence-electron chi connectivity index (χ1n) is 13.2. The minimum atomic E-state index is -1.00. The number of hydrogen-bond acceptors (Lipinski definition) is 6. The van der Waals surface area contributed by atoms with E-state index < -0.39 is 35.6 Å². The number of nitrogens with two attached hydrogens (primary N) is 1. The number of phenolic OH excluding ortho intramolecular Hbond substituents is 1. The Bertz CT molecular complexity index is 1090. The van der Waals surface area contributed by atoms with Crippen LogP contribution in [-0.2, 0) is 27.2 Å². The summed E-state index contributed by atoms with van der Waals surface area (Å²) in [6, 6.07) is 11.4. The van der Waals surface area contributed by atoms with Crippen LogP contribution in [0, 0.1) is 13.8 Å². The lowest BCUT2D eigenvalue weighted by molar-refractivity contribution is -0.141. The number of phenols is 1. The molecule has 214 valence electrons. The van der Waals surface area contributed by atoms with Gasteiger partial charge in [-0.05, 0) is 100 Å². The first-order valence-corrected chi connectivity index (χ1v) is 14.6. The van der Waals surface area contributed by atoms with E-state index in [0.29, 0.717) is 25.1 Å². The van der Waals surface area contributed by atoms with Gasteiger partial charge in [-0.25, -0.2) is 4.79 Å². The molecule has 2 atom stereocenters. The maximum Gasteiger partial charge on any atom is 0.408 e. The SMILES string of the molecule is CSCC[C@H](C(N)=O)N(CCCc1ccccc1)C(=O)[C@@H](Cc1c(C)cc(O)cc1C)NC(=O)OC(C)(C)C. The van der Waals surface area contributed by atoms with E-state index >= 15 is 0 Å². The molecule has 39 heavy (non-hydrogen) atoms. The van der Waals surface area contributed by atoms with Crippen LogP contribution in [0.1, 0.15) is 55.9 Å². The van der Waals surface area contributed by atoms with Gasteiger partial charge in [0.1, 0.15) is 23.4 Å². The van der Waals surface area contributed by atoms with Gasteiger partial charge in [0.15, 0.2) is 0 Å². The summed E-state index contributed by atoms with van der Waals surface area (Å²) in [5.41, 5.74) is 8.60. The first kappa shape index (κ1) is 32.0. The van der Waals surface area contributed by atoms with Crippen molar-refractivity contribution in [2.45, 2.75) is 78.0 Å². The van der Waals surface area contributed by atoms with Crippen LogP contribution in [0.15, 0.2) is 42.5 Å². The Labute approximate surface area is 236 Å². The number of carbonyl (C=O) groups excluding carboxylic acids is 3.